The first kappa shape index (κ1) is 13.9. The van der Waals surface area contributed by atoms with Gasteiger partial charge in [0.1, 0.15) is 12.4 Å². The summed E-state index contributed by atoms with van der Waals surface area (Å²) in [7, 11) is 1.91. The Balaban J connectivity index is 1.68. The molecule has 2 rings (SSSR count). The second kappa shape index (κ2) is 7.13. The van der Waals surface area contributed by atoms with Crippen LogP contribution in [0.1, 0.15) is 11.4 Å². The molecule has 0 aliphatic heterocycles. The van der Waals surface area contributed by atoms with E-state index < -0.39 is 6.09 Å². The second-order valence-corrected chi connectivity index (χ2v) is 4.24. The molecule has 0 aliphatic carbocycles. The van der Waals surface area contributed by atoms with E-state index in [1.54, 1.807) is 6.20 Å². The van der Waals surface area contributed by atoms with Gasteiger partial charge < -0.3 is 14.6 Å². The van der Waals surface area contributed by atoms with Gasteiger partial charge in [-0.1, -0.05) is 36.4 Å². The third-order valence-electron chi connectivity index (χ3n) is 2.70. The molecule has 1 amide bonds. The third-order valence-corrected chi connectivity index (χ3v) is 2.70. The lowest BCUT2D eigenvalue weighted by atomic mass is 10.2. The van der Waals surface area contributed by atoms with Crippen molar-refractivity contribution >= 4 is 12.2 Å². The maximum atomic E-state index is 11.5. The van der Waals surface area contributed by atoms with Gasteiger partial charge in [-0.25, -0.2) is 9.78 Å². The predicted octanol–water partition coefficient (Wildman–Crippen LogP) is 2.36. The van der Waals surface area contributed by atoms with Crippen LogP contribution in [0.15, 0.2) is 48.8 Å². The van der Waals surface area contributed by atoms with Crippen molar-refractivity contribution in [3.63, 3.8) is 0 Å². The number of hydrogen-bond acceptors (Lipinski definition) is 3. The molecule has 0 spiro atoms. The zero-order valence-corrected chi connectivity index (χ0v) is 11.3. The molecule has 1 N–H and O–H groups in total. The summed E-state index contributed by atoms with van der Waals surface area (Å²) in [6, 6.07) is 9.56. The van der Waals surface area contributed by atoms with Crippen LogP contribution in [-0.2, 0) is 18.4 Å². The Hall–Kier alpha value is -2.56. The molecule has 0 aliphatic rings. The minimum Gasteiger partial charge on any atom is -0.445 e. The fourth-order valence-electron chi connectivity index (χ4n) is 1.62. The summed E-state index contributed by atoms with van der Waals surface area (Å²) in [5, 5.41) is 2.65. The normalized spacial score (nSPS) is 10.7. The van der Waals surface area contributed by atoms with Gasteiger partial charge in [0.15, 0.2) is 0 Å². The highest BCUT2D eigenvalue weighted by Gasteiger charge is 2.00. The lowest BCUT2D eigenvalue weighted by Crippen LogP contribution is -2.24. The number of aryl methyl sites for hydroxylation is 1. The zero-order chi connectivity index (χ0) is 14.2. The Morgan fingerprint density at radius 2 is 2.20 bits per heavy atom. The molecule has 2 aromatic rings. The molecule has 104 valence electrons. The van der Waals surface area contributed by atoms with Crippen molar-refractivity contribution in [3.8, 4) is 0 Å². The minimum atomic E-state index is -0.432. The topological polar surface area (TPSA) is 56.2 Å². The zero-order valence-electron chi connectivity index (χ0n) is 11.3. The number of hydrogen-bond donors (Lipinski definition) is 1. The average Bonchev–Trinajstić information content (AvgIpc) is 2.88. The third kappa shape index (κ3) is 4.28. The molecule has 0 fully saturated rings. The fourth-order valence-corrected chi connectivity index (χ4v) is 1.62. The first-order chi connectivity index (χ1) is 9.75. The molecular formula is C15H17N3O2. The molecule has 0 unspecified atom stereocenters. The van der Waals surface area contributed by atoms with Gasteiger partial charge in [0.2, 0.25) is 0 Å². The first-order valence-corrected chi connectivity index (χ1v) is 6.34. The number of ether oxygens (including phenoxy) is 1. The molecule has 5 heteroatoms. The molecule has 5 nitrogen and oxygen atoms in total. The average molecular weight is 271 g/mol. The predicted molar refractivity (Wildman–Crippen MR) is 76.9 cm³/mol. The Kier molecular flexibility index (Phi) is 4.94. The van der Waals surface area contributed by atoms with Crippen molar-refractivity contribution in [2.75, 3.05) is 6.54 Å². The van der Waals surface area contributed by atoms with E-state index >= 15 is 0 Å². The molecular weight excluding hydrogens is 254 g/mol. The standard InChI is InChI=1S/C15H17N3O2/c1-18-11-10-16-14(18)8-5-9-17-15(19)20-12-13-6-3-2-4-7-13/h2-8,10-11H,9,12H2,1H3,(H,17,19). The minimum absolute atomic E-state index is 0.274. The Bertz CT molecular complexity index is 576. The van der Waals surface area contributed by atoms with Gasteiger partial charge in [-0.15, -0.1) is 0 Å². The van der Waals surface area contributed by atoms with Gasteiger partial charge >= 0.3 is 6.09 Å². The number of benzene rings is 1. The lowest BCUT2D eigenvalue weighted by Gasteiger charge is -2.05. The SMILES string of the molecule is Cn1ccnc1C=CCNC(=O)OCc1ccccc1. The van der Waals surface area contributed by atoms with Crippen LogP contribution >= 0.6 is 0 Å². The smallest absolute Gasteiger partial charge is 0.407 e. The van der Waals surface area contributed by atoms with Gasteiger partial charge in [-0.2, -0.15) is 0 Å². The summed E-state index contributed by atoms with van der Waals surface area (Å²) in [5.74, 6) is 0.837. The molecule has 1 aromatic carbocycles. The van der Waals surface area contributed by atoms with Gasteiger partial charge in [0.25, 0.3) is 0 Å². The van der Waals surface area contributed by atoms with E-state index in [0.29, 0.717) is 6.54 Å². The Morgan fingerprint density at radius 3 is 2.90 bits per heavy atom. The van der Waals surface area contributed by atoms with Crippen molar-refractivity contribution < 1.29 is 9.53 Å². The summed E-state index contributed by atoms with van der Waals surface area (Å²) in [6.07, 6.45) is 6.82. The highest BCUT2D eigenvalue weighted by Crippen LogP contribution is 2.00. The van der Waals surface area contributed by atoms with E-state index in [-0.39, 0.29) is 6.61 Å². The fraction of sp³-hybridized carbons (Fsp3) is 0.200. The van der Waals surface area contributed by atoms with Gasteiger partial charge in [0, 0.05) is 26.0 Å². The van der Waals surface area contributed by atoms with Gasteiger partial charge in [-0.3, -0.25) is 0 Å². The van der Waals surface area contributed by atoms with E-state index in [1.807, 2.05) is 60.3 Å². The highest BCUT2D eigenvalue weighted by molar-refractivity contribution is 5.67. The maximum Gasteiger partial charge on any atom is 0.407 e. The molecule has 0 radical (unpaired) electrons. The Morgan fingerprint density at radius 1 is 1.40 bits per heavy atom. The van der Waals surface area contributed by atoms with Crippen LogP contribution in [0.4, 0.5) is 4.79 Å². The quantitative estimate of drug-likeness (QED) is 0.908. The number of nitrogens with zero attached hydrogens (tertiary/aromatic N) is 2. The molecule has 20 heavy (non-hydrogen) atoms. The lowest BCUT2D eigenvalue weighted by molar-refractivity contribution is 0.141. The van der Waals surface area contributed by atoms with Gasteiger partial charge in [-0.05, 0) is 11.6 Å². The number of aromatic nitrogens is 2. The van der Waals surface area contributed by atoms with Crippen LogP contribution in [0.3, 0.4) is 0 Å². The van der Waals surface area contributed by atoms with E-state index in [0.717, 1.165) is 11.4 Å². The molecule has 1 heterocycles. The second-order valence-electron chi connectivity index (χ2n) is 4.24. The van der Waals surface area contributed by atoms with Crippen LogP contribution in [0.25, 0.3) is 6.08 Å². The summed E-state index contributed by atoms with van der Waals surface area (Å²) in [6.45, 7) is 0.677. The molecule has 0 bridgehead atoms. The number of imidazole rings is 1. The first-order valence-electron chi connectivity index (χ1n) is 6.34. The van der Waals surface area contributed by atoms with E-state index in [4.69, 9.17) is 4.74 Å². The molecule has 1 aromatic heterocycles. The van der Waals surface area contributed by atoms with Crippen LogP contribution in [0.2, 0.25) is 0 Å². The largest absolute Gasteiger partial charge is 0.445 e. The number of rotatable bonds is 5. The summed E-state index contributed by atoms with van der Waals surface area (Å²) in [4.78, 5) is 15.6. The molecule has 0 saturated carbocycles. The number of nitrogens with one attached hydrogen (secondary N) is 1. The van der Waals surface area contributed by atoms with Crippen LogP contribution in [0, 0.1) is 0 Å². The maximum absolute atomic E-state index is 11.5. The van der Waals surface area contributed by atoms with Crippen LogP contribution < -0.4 is 5.32 Å². The van der Waals surface area contributed by atoms with E-state index in [2.05, 4.69) is 10.3 Å². The number of amides is 1. The van der Waals surface area contributed by atoms with Crippen molar-refractivity contribution in [1.82, 2.24) is 14.9 Å². The monoisotopic (exact) mass is 271 g/mol. The van der Waals surface area contributed by atoms with Crippen LogP contribution in [-0.4, -0.2) is 22.2 Å². The summed E-state index contributed by atoms with van der Waals surface area (Å²) >= 11 is 0. The van der Waals surface area contributed by atoms with Crippen molar-refractivity contribution in [3.05, 3.63) is 60.2 Å². The van der Waals surface area contributed by atoms with Crippen molar-refractivity contribution in [2.45, 2.75) is 6.61 Å². The Labute approximate surface area is 117 Å². The van der Waals surface area contributed by atoms with E-state index in [1.165, 1.54) is 0 Å². The number of carbonyl (C=O) groups excluding carboxylic acids is 1. The highest BCUT2D eigenvalue weighted by atomic mass is 16.5. The summed E-state index contributed by atoms with van der Waals surface area (Å²) < 4.78 is 6.98. The summed E-state index contributed by atoms with van der Waals surface area (Å²) in [5.41, 5.74) is 0.964. The number of alkyl carbamates (subject to hydrolysis) is 1. The van der Waals surface area contributed by atoms with Gasteiger partial charge in [0.05, 0.1) is 0 Å². The van der Waals surface area contributed by atoms with Crippen molar-refractivity contribution in [1.29, 1.82) is 0 Å². The number of carbonyl (C=O) groups is 1. The molecule has 0 atom stereocenters. The van der Waals surface area contributed by atoms with Crippen LogP contribution in [0.5, 0.6) is 0 Å². The van der Waals surface area contributed by atoms with Crippen molar-refractivity contribution in [2.24, 2.45) is 7.05 Å². The molecule has 0 saturated heterocycles. The van der Waals surface area contributed by atoms with E-state index in [9.17, 15) is 4.79 Å².